The van der Waals surface area contributed by atoms with E-state index in [9.17, 15) is 39.0 Å². The third-order valence-corrected chi connectivity index (χ3v) is 8.25. The summed E-state index contributed by atoms with van der Waals surface area (Å²) in [6.45, 7) is 5.12. The molecule has 1 aromatic rings. The lowest BCUT2D eigenvalue weighted by Crippen LogP contribution is -2.55. The lowest BCUT2D eigenvalue weighted by atomic mass is 10.1. The minimum atomic E-state index is -1.27. The molecule has 18 nitrogen and oxygen atoms in total. The van der Waals surface area contributed by atoms with Crippen LogP contribution >= 0.6 is 0 Å². The quantitative estimate of drug-likeness (QED) is 0.0363. The maximum Gasteiger partial charge on any atom is 0.243 e. The molecule has 1 rings (SSSR count). The van der Waals surface area contributed by atoms with Gasteiger partial charge in [0, 0.05) is 57.2 Å². The third kappa shape index (κ3) is 23.9. The molecule has 6 amide bonds. The zero-order valence-electron chi connectivity index (χ0n) is 31.5. The van der Waals surface area contributed by atoms with Crippen LogP contribution in [0, 0.1) is 0 Å². The molecule has 0 spiro atoms. The number of hydrogen-bond acceptors (Lipinski definition) is 12. The summed E-state index contributed by atoms with van der Waals surface area (Å²) < 4.78 is 0. The number of carbonyl (C=O) groups is 6. The predicted octanol–water partition coefficient (Wildman–Crippen LogP) is -1.78. The van der Waals surface area contributed by atoms with Crippen molar-refractivity contribution in [2.75, 3.05) is 58.9 Å². The van der Waals surface area contributed by atoms with E-state index in [0.29, 0.717) is 71.2 Å². The Labute approximate surface area is 318 Å². The second kappa shape index (κ2) is 29.9. The van der Waals surface area contributed by atoms with Crippen LogP contribution in [0.15, 0.2) is 18.2 Å². The lowest BCUT2D eigenvalue weighted by Gasteiger charge is -2.22. The van der Waals surface area contributed by atoms with E-state index in [2.05, 4.69) is 37.2 Å². The van der Waals surface area contributed by atoms with E-state index in [1.165, 1.54) is 12.1 Å². The molecule has 0 fully saturated rings. The number of unbranched alkanes of at least 4 members (excludes halogenated alkanes) is 4. The molecule has 0 aliphatic heterocycles. The fourth-order valence-corrected chi connectivity index (χ4v) is 5.21. The topological polar surface area (TPSA) is 305 Å². The van der Waals surface area contributed by atoms with Gasteiger partial charge in [0.15, 0.2) is 0 Å². The van der Waals surface area contributed by atoms with Gasteiger partial charge in [-0.1, -0.05) is 6.07 Å². The number of rotatable bonds is 32. The molecule has 54 heavy (non-hydrogen) atoms. The Morgan fingerprint density at radius 3 is 1.72 bits per heavy atom. The van der Waals surface area contributed by atoms with E-state index in [4.69, 9.17) is 17.2 Å². The van der Waals surface area contributed by atoms with E-state index in [-0.39, 0.29) is 54.8 Å². The van der Waals surface area contributed by atoms with Crippen molar-refractivity contribution >= 4 is 35.4 Å². The van der Waals surface area contributed by atoms with Gasteiger partial charge in [0.05, 0.1) is 12.8 Å². The van der Waals surface area contributed by atoms with Crippen molar-refractivity contribution in [3.05, 3.63) is 23.8 Å². The number of phenolic OH excluding ortho intramolecular Hbond substituents is 2. The van der Waals surface area contributed by atoms with Gasteiger partial charge in [-0.2, -0.15) is 0 Å². The number of nitrogens with two attached hydrogens (primary N) is 3. The van der Waals surface area contributed by atoms with E-state index in [1.54, 1.807) is 0 Å². The van der Waals surface area contributed by atoms with Crippen molar-refractivity contribution in [2.24, 2.45) is 17.2 Å². The number of hydrogen-bond donors (Lipinski definition) is 12. The Balaban J connectivity index is 2.26. The van der Waals surface area contributed by atoms with Crippen LogP contribution in [0.1, 0.15) is 82.6 Å². The van der Waals surface area contributed by atoms with Gasteiger partial charge in [-0.3, -0.25) is 28.8 Å². The Morgan fingerprint density at radius 1 is 0.593 bits per heavy atom. The largest absolute Gasteiger partial charge is 0.508 e. The molecule has 0 aromatic heterocycles. The first-order valence-electron chi connectivity index (χ1n) is 19.0. The summed E-state index contributed by atoms with van der Waals surface area (Å²) in [4.78, 5) is 74.3. The van der Waals surface area contributed by atoms with Gasteiger partial charge in [0.2, 0.25) is 35.4 Å². The van der Waals surface area contributed by atoms with Gasteiger partial charge < -0.3 is 64.6 Å². The van der Waals surface area contributed by atoms with E-state index in [0.717, 1.165) is 44.8 Å². The predicted molar refractivity (Wildman–Crippen MR) is 205 cm³/mol. The van der Waals surface area contributed by atoms with Crippen LogP contribution in [0.5, 0.6) is 11.5 Å². The highest BCUT2D eigenvalue weighted by molar-refractivity contribution is 5.94. The average Bonchev–Trinajstić information content (AvgIpc) is 3.12. The van der Waals surface area contributed by atoms with Crippen LogP contribution in [0.2, 0.25) is 0 Å². The van der Waals surface area contributed by atoms with E-state index < -0.39 is 42.1 Å². The zero-order valence-corrected chi connectivity index (χ0v) is 31.5. The van der Waals surface area contributed by atoms with Gasteiger partial charge in [-0.25, -0.2) is 0 Å². The summed E-state index contributed by atoms with van der Waals surface area (Å²) in [5, 5.41) is 39.5. The van der Waals surface area contributed by atoms with Gasteiger partial charge >= 0.3 is 0 Å². The minimum absolute atomic E-state index is 0.0343. The number of carbonyl (C=O) groups excluding carboxylic acids is 6. The molecule has 0 aliphatic carbocycles. The summed E-state index contributed by atoms with van der Waals surface area (Å²) >= 11 is 0. The standard InChI is InChI=1S/C36H64N10O8/c37-14-2-5-16-40-21-12-33(51)43-19-7-6-17-41-22-13-32(50)42-18-3-1-4-20-44-35(53)29(25-31(39)49)46-36(54)28(9-8-15-38)45-34(52)23-26-10-11-27(47)24-30(26)48/h10-11,24,28-29,40-41,47-48H,1-9,12-23,25,37-38H2,(H2,39,49)(H,42,50)(H,43,51)(H,44,53)(H,45,52)(H,46,54)/t28-,29-/m0/s1. The van der Waals surface area contributed by atoms with Gasteiger partial charge in [0.25, 0.3) is 0 Å². The summed E-state index contributed by atoms with van der Waals surface area (Å²) in [6.07, 6.45) is 6.32. The minimum Gasteiger partial charge on any atom is -0.508 e. The first-order chi connectivity index (χ1) is 26.0. The summed E-state index contributed by atoms with van der Waals surface area (Å²) in [7, 11) is 0. The molecule has 0 bridgehead atoms. The van der Waals surface area contributed by atoms with Gasteiger partial charge in [0.1, 0.15) is 23.6 Å². The van der Waals surface area contributed by atoms with Crippen LogP contribution in [-0.2, 0) is 35.2 Å². The van der Waals surface area contributed by atoms with Crippen molar-refractivity contribution < 1.29 is 39.0 Å². The molecule has 0 saturated carbocycles. The summed E-state index contributed by atoms with van der Waals surface area (Å²) in [6, 6.07) is 1.45. The molecule has 306 valence electrons. The molecule has 2 atom stereocenters. The van der Waals surface area contributed by atoms with Crippen LogP contribution in [0.3, 0.4) is 0 Å². The van der Waals surface area contributed by atoms with Crippen LogP contribution in [0.25, 0.3) is 0 Å². The fraction of sp³-hybridized carbons (Fsp3) is 0.667. The maximum absolute atomic E-state index is 13.1. The average molecular weight is 765 g/mol. The molecule has 1 aromatic carbocycles. The Kier molecular flexibility index (Phi) is 26.3. The summed E-state index contributed by atoms with van der Waals surface area (Å²) in [5.74, 6) is -3.18. The maximum atomic E-state index is 13.1. The molecule has 0 saturated heterocycles. The van der Waals surface area contributed by atoms with Crippen LogP contribution in [0.4, 0.5) is 0 Å². The monoisotopic (exact) mass is 764 g/mol. The highest BCUT2D eigenvalue weighted by Gasteiger charge is 2.28. The number of aromatic hydroxyl groups is 2. The summed E-state index contributed by atoms with van der Waals surface area (Å²) in [5.41, 5.74) is 16.6. The van der Waals surface area contributed by atoms with Crippen molar-refractivity contribution in [1.82, 2.24) is 37.2 Å². The molecule has 0 aliphatic rings. The molecule has 15 N–H and O–H groups in total. The van der Waals surface area contributed by atoms with Crippen molar-refractivity contribution in [2.45, 2.75) is 95.6 Å². The molecule has 18 heteroatoms. The Bertz CT molecular complexity index is 1290. The van der Waals surface area contributed by atoms with Crippen molar-refractivity contribution in [1.29, 1.82) is 0 Å². The van der Waals surface area contributed by atoms with E-state index >= 15 is 0 Å². The number of phenols is 2. The van der Waals surface area contributed by atoms with Crippen LogP contribution in [-0.4, -0.2) is 117 Å². The number of primary amides is 1. The fourth-order valence-electron chi connectivity index (χ4n) is 5.21. The van der Waals surface area contributed by atoms with Crippen LogP contribution < -0.4 is 54.4 Å². The molecule has 0 unspecified atom stereocenters. The first kappa shape index (κ1) is 47.5. The van der Waals surface area contributed by atoms with Crippen molar-refractivity contribution in [3.8, 4) is 11.5 Å². The number of nitrogens with one attached hydrogen (secondary N) is 7. The zero-order chi connectivity index (χ0) is 40.0. The molecular formula is C36H64N10O8. The van der Waals surface area contributed by atoms with E-state index in [1.807, 2.05) is 0 Å². The normalized spacial score (nSPS) is 12.0. The Hall–Kier alpha value is -4.52. The molecule has 0 heterocycles. The lowest BCUT2D eigenvalue weighted by molar-refractivity contribution is -0.133. The van der Waals surface area contributed by atoms with Gasteiger partial charge in [-0.15, -0.1) is 0 Å². The Morgan fingerprint density at radius 2 is 1.15 bits per heavy atom. The third-order valence-electron chi connectivity index (χ3n) is 8.25. The molecular weight excluding hydrogens is 700 g/mol. The number of benzene rings is 1. The first-order valence-corrected chi connectivity index (χ1v) is 19.0. The van der Waals surface area contributed by atoms with Crippen molar-refractivity contribution in [3.63, 3.8) is 0 Å². The highest BCUT2D eigenvalue weighted by atomic mass is 16.3. The second-order valence-corrected chi connectivity index (χ2v) is 13.0. The number of amides is 6. The van der Waals surface area contributed by atoms with Gasteiger partial charge in [-0.05, 0) is 90.0 Å². The smallest absolute Gasteiger partial charge is 0.243 e. The SMILES string of the molecule is NCCCCNCCC(=O)NCCCCNCCC(=O)NCCCCCNC(=O)[C@H](CC(N)=O)NC(=O)[C@H](CCCN)NC(=O)Cc1ccc(O)cc1O. The second-order valence-electron chi connectivity index (χ2n) is 13.0. The molecule has 0 radical (unpaired) electrons. The highest BCUT2D eigenvalue weighted by Crippen LogP contribution is 2.22.